The van der Waals surface area contributed by atoms with Gasteiger partial charge in [-0.25, -0.2) is 4.79 Å². The molecule has 0 unspecified atom stereocenters. The van der Waals surface area contributed by atoms with Gasteiger partial charge in [0.25, 0.3) is 11.8 Å². The molecule has 5 rings (SSSR count). The van der Waals surface area contributed by atoms with Crippen molar-refractivity contribution in [3.8, 4) is 11.1 Å². The van der Waals surface area contributed by atoms with Gasteiger partial charge in [0, 0.05) is 30.5 Å². The number of hydrogen-bond acceptors (Lipinski definition) is 4. The van der Waals surface area contributed by atoms with E-state index >= 15 is 0 Å². The lowest BCUT2D eigenvalue weighted by atomic mass is 10.0. The van der Waals surface area contributed by atoms with Gasteiger partial charge in [0.05, 0.1) is 0 Å². The van der Waals surface area contributed by atoms with Crippen LogP contribution in [0.4, 0.5) is 4.79 Å². The first-order valence-electron chi connectivity index (χ1n) is 14.0. The third-order valence-electron chi connectivity index (χ3n) is 7.59. The summed E-state index contributed by atoms with van der Waals surface area (Å²) in [6.45, 7) is 4.93. The number of carbonyl (C=O) groups excluding carboxylic acids is 3. The van der Waals surface area contributed by atoms with Crippen molar-refractivity contribution >= 4 is 28.7 Å². The number of fused-ring (bicyclic) bond motifs is 1. The highest BCUT2D eigenvalue weighted by Crippen LogP contribution is 2.26. The lowest BCUT2D eigenvalue weighted by Crippen LogP contribution is -2.40. The third kappa shape index (κ3) is 6.18. The van der Waals surface area contributed by atoms with Crippen LogP contribution in [0.15, 0.2) is 72.8 Å². The fraction of sp³-hybridized carbons (Fsp3) is 0.303. The van der Waals surface area contributed by atoms with Crippen LogP contribution in [0.2, 0.25) is 0 Å². The van der Waals surface area contributed by atoms with Crippen LogP contribution in [-0.4, -0.2) is 65.4 Å². The molecule has 0 aliphatic carbocycles. The number of amides is 4. The Morgan fingerprint density at radius 1 is 0.902 bits per heavy atom. The predicted octanol–water partition coefficient (Wildman–Crippen LogP) is 4.74. The molecule has 212 valence electrons. The molecule has 0 atom stereocenters. The first-order chi connectivity index (χ1) is 19.6. The number of carbonyl (C=O) groups is 3. The van der Waals surface area contributed by atoms with Gasteiger partial charge in [0.1, 0.15) is 11.2 Å². The molecule has 1 saturated heterocycles. The topological polar surface area (TPSA) is 97.5 Å². The van der Waals surface area contributed by atoms with Crippen molar-refractivity contribution in [3.63, 3.8) is 0 Å². The van der Waals surface area contributed by atoms with Gasteiger partial charge in [-0.3, -0.25) is 14.5 Å². The third-order valence-corrected chi connectivity index (χ3v) is 7.59. The first kappa shape index (κ1) is 28.1. The number of nitrogens with zero attached hydrogens (tertiary/aromatic N) is 2. The minimum Gasteiger partial charge on any atom is -0.350 e. The van der Waals surface area contributed by atoms with Crippen molar-refractivity contribution in [1.29, 1.82) is 0 Å². The molecule has 41 heavy (non-hydrogen) atoms. The molecule has 0 spiro atoms. The van der Waals surface area contributed by atoms with Gasteiger partial charge >= 0.3 is 6.03 Å². The summed E-state index contributed by atoms with van der Waals surface area (Å²) in [5, 5.41) is 6.80. The normalized spacial score (nSPS) is 14.6. The fourth-order valence-electron chi connectivity index (χ4n) is 5.22. The van der Waals surface area contributed by atoms with Crippen molar-refractivity contribution in [2.45, 2.75) is 38.8 Å². The maximum atomic E-state index is 13.4. The smallest absolute Gasteiger partial charge is 0.325 e. The molecule has 4 aromatic rings. The Bertz CT molecular complexity index is 1570. The summed E-state index contributed by atoms with van der Waals surface area (Å²) in [5.41, 5.74) is 5.85. The summed E-state index contributed by atoms with van der Waals surface area (Å²) < 4.78 is 0. The first-order valence-corrected chi connectivity index (χ1v) is 14.0. The molecular formula is C33H37N5O3. The Labute approximate surface area is 240 Å². The van der Waals surface area contributed by atoms with Gasteiger partial charge < -0.3 is 20.5 Å². The summed E-state index contributed by atoms with van der Waals surface area (Å²) >= 11 is 0. The second-order valence-corrected chi connectivity index (χ2v) is 11.4. The van der Waals surface area contributed by atoms with E-state index in [0.29, 0.717) is 31.6 Å². The van der Waals surface area contributed by atoms with Gasteiger partial charge in [0.15, 0.2) is 0 Å². The Balaban J connectivity index is 1.32. The van der Waals surface area contributed by atoms with Crippen LogP contribution in [-0.2, 0) is 24.2 Å². The zero-order valence-electron chi connectivity index (χ0n) is 24.1. The lowest BCUT2D eigenvalue weighted by molar-refractivity contribution is -0.130. The van der Waals surface area contributed by atoms with E-state index in [1.807, 2.05) is 56.6 Å². The van der Waals surface area contributed by atoms with Crippen LogP contribution in [0.1, 0.15) is 41.0 Å². The standard InChI is InChI=1S/C33H37N5O3/c1-33(2)31(40)38(32(41)36-33)19-16-22-12-15-28-27(20-22)26(17-18-37(3)4)29(35-28)30(39)34-21-23-10-13-25(14-11-23)24-8-6-5-7-9-24/h5-15,20,35H,16-19,21H2,1-4H3,(H,34,39)(H,36,41). The van der Waals surface area contributed by atoms with E-state index in [0.717, 1.165) is 45.3 Å². The van der Waals surface area contributed by atoms with E-state index in [9.17, 15) is 14.4 Å². The molecule has 3 aromatic carbocycles. The Hall–Kier alpha value is -4.43. The highest BCUT2D eigenvalue weighted by Gasteiger charge is 2.43. The molecular weight excluding hydrogens is 514 g/mol. The van der Waals surface area contributed by atoms with Crippen LogP contribution >= 0.6 is 0 Å². The average molecular weight is 552 g/mol. The summed E-state index contributed by atoms with van der Waals surface area (Å²) in [7, 11) is 4.03. The van der Waals surface area contributed by atoms with E-state index in [1.165, 1.54) is 4.90 Å². The Kier molecular flexibility index (Phi) is 7.94. The highest BCUT2D eigenvalue weighted by molar-refractivity contribution is 6.06. The van der Waals surface area contributed by atoms with E-state index in [4.69, 9.17) is 0 Å². The van der Waals surface area contributed by atoms with Crippen molar-refractivity contribution < 1.29 is 14.4 Å². The molecule has 0 radical (unpaired) electrons. The number of aromatic nitrogens is 1. The van der Waals surface area contributed by atoms with Crippen LogP contribution in [0.25, 0.3) is 22.0 Å². The number of H-pyrrole nitrogens is 1. The zero-order valence-corrected chi connectivity index (χ0v) is 24.1. The fourth-order valence-corrected chi connectivity index (χ4v) is 5.22. The van der Waals surface area contributed by atoms with Gasteiger partial charge in [-0.1, -0.05) is 60.7 Å². The van der Waals surface area contributed by atoms with Gasteiger partial charge in [-0.05, 0) is 80.7 Å². The van der Waals surface area contributed by atoms with E-state index in [1.54, 1.807) is 13.8 Å². The molecule has 0 bridgehead atoms. The lowest BCUT2D eigenvalue weighted by Gasteiger charge is -2.16. The molecule has 1 fully saturated rings. The van der Waals surface area contributed by atoms with Crippen molar-refractivity contribution in [2.24, 2.45) is 0 Å². The van der Waals surface area contributed by atoms with E-state index in [2.05, 4.69) is 50.8 Å². The number of urea groups is 1. The number of aromatic amines is 1. The highest BCUT2D eigenvalue weighted by atomic mass is 16.2. The van der Waals surface area contributed by atoms with Gasteiger partial charge in [-0.15, -0.1) is 0 Å². The number of nitrogens with one attached hydrogen (secondary N) is 3. The summed E-state index contributed by atoms with van der Waals surface area (Å²) in [5.74, 6) is -0.365. The van der Waals surface area contributed by atoms with Gasteiger partial charge in [0.2, 0.25) is 0 Å². The van der Waals surface area contributed by atoms with Gasteiger partial charge in [-0.2, -0.15) is 0 Å². The maximum Gasteiger partial charge on any atom is 0.325 e. The number of rotatable bonds is 10. The largest absolute Gasteiger partial charge is 0.350 e. The van der Waals surface area contributed by atoms with Crippen LogP contribution < -0.4 is 10.6 Å². The monoisotopic (exact) mass is 551 g/mol. The number of benzene rings is 3. The van der Waals surface area contributed by atoms with E-state index in [-0.39, 0.29) is 17.8 Å². The minimum atomic E-state index is -0.882. The molecule has 8 heteroatoms. The van der Waals surface area contributed by atoms with Crippen LogP contribution in [0.3, 0.4) is 0 Å². The minimum absolute atomic E-state index is 0.148. The van der Waals surface area contributed by atoms with Crippen LogP contribution in [0.5, 0.6) is 0 Å². The summed E-state index contributed by atoms with van der Waals surface area (Å²) in [4.78, 5) is 45.0. The molecule has 1 aliphatic heterocycles. The molecule has 4 amide bonds. The molecule has 3 N–H and O–H groups in total. The second kappa shape index (κ2) is 11.6. The SMILES string of the molecule is CN(C)CCc1c(C(=O)NCc2ccc(-c3ccccc3)cc2)[nH]c2ccc(CCN3C(=O)NC(C)(C)C3=O)cc12. The predicted molar refractivity (Wildman–Crippen MR) is 162 cm³/mol. The molecule has 2 heterocycles. The zero-order chi connectivity index (χ0) is 29.1. The Morgan fingerprint density at radius 2 is 1.59 bits per heavy atom. The maximum absolute atomic E-state index is 13.4. The molecule has 0 saturated carbocycles. The average Bonchev–Trinajstić information content (AvgIpc) is 3.42. The molecule has 8 nitrogen and oxygen atoms in total. The number of imide groups is 1. The number of hydrogen-bond donors (Lipinski definition) is 3. The summed E-state index contributed by atoms with van der Waals surface area (Å²) in [6, 6.07) is 24.1. The van der Waals surface area contributed by atoms with E-state index < -0.39 is 5.54 Å². The van der Waals surface area contributed by atoms with Crippen molar-refractivity contribution in [3.05, 3.63) is 95.2 Å². The quantitative estimate of drug-likeness (QED) is 0.248. The van der Waals surface area contributed by atoms with Crippen LogP contribution in [0, 0.1) is 0 Å². The molecule has 1 aromatic heterocycles. The number of likely N-dealkylation sites (N-methyl/N-ethyl adjacent to an activating group) is 1. The Morgan fingerprint density at radius 3 is 2.24 bits per heavy atom. The second-order valence-electron chi connectivity index (χ2n) is 11.4. The summed E-state index contributed by atoms with van der Waals surface area (Å²) in [6.07, 6.45) is 1.23. The van der Waals surface area contributed by atoms with Crippen molar-refractivity contribution in [2.75, 3.05) is 27.2 Å². The van der Waals surface area contributed by atoms with Crippen molar-refractivity contribution in [1.82, 2.24) is 25.4 Å². The molecule has 1 aliphatic rings.